The Balaban J connectivity index is 2.01. The van der Waals surface area contributed by atoms with E-state index in [1.165, 1.54) is 0 Å². The highest BCUT2D eigenvalue weighted by Crippen LogP contribution is 2.28. The number of nitrogens with two attached hydrogens (primary N) is 1. The summed E-state index contributed by atoms with van der Waals surface area (Å²) in [5.41, 5.74) is 8.09. The fourth-order valence-electron chi connectivity index (χ4n) is 2.81. The molecule has 0 bridgehead atoms. The Morgan fingerprint density at radius 1 is 1.08 bits per heavy atom. The summed E-state index contributed by atoms with van der Waals surface area (Å²) < 4.78 is 1.76. The highest BCUT2D eigenvalue weighted by atomic mass is 35.5. The smallest absolute Gasteiger partial charge is 0.303 e. The third-order valence-corrected chi connectivity index (χ3v) is 4.34. The second-order valence-corrected chi connectivity index (χ2v) is 6.30. The molecule has 0 saturated heterocycles. The monoisotopic (exact) mass is 356 g/mol. The van der Waals surface area contributed by atoms with Gasteiger partial charge in [0.25, 0.3) is 0 Å². The summed E-state index contributed by atoms with van der Waals surface area (Å²) in [5, 5.41) is 16.1. The van der Waals surface area contributed by atoms with Gasteiger partial charge in [0, 0.05) is 22.4 Å². The quantitative estimate of drug-likeness (QED) is 0.521. The summed E-state index contributed by atoms with van der Waals surface area (Å²) in [6.45, 7) is 0.574. The van der Waals surface area contributed by atoms with Crippen molar-refractivity contribution < 1.29 is 14.6 Å². The largest absolute Gasteiger partial charge is 0.481 e. The molecule has 0 spiro atoms. The number of aliphatic carboxylic acids is 1. The first kappa shape index (κ1) is 17.2. The normalized spacial score (nSPS) is 10.9. The molecule has 0 amide bonds. The average molecular weight is 357 g/mol. The number of aromatic nitrogens is 2. The van der Waals surface area contributed by atoms with Crippen molar-refractivity contribution >= 4 is 34.2 Å². The number of hydrogen-bond acceptors (Lipinski definition) is 3. The molecule has 5 nitrogen and oxygen atoms in total. The molecular formula is C19H19ClN3O2+. The van der Waals surface area contributed by atoms with E-state index in [4.69, 9.17) is 27.5 Å². The van der Waals surface area contributed by atoms with Crippen LogP contribution in [-0.4, -0.2) is 16.2 Å². The molecule has 0 unspecified atom stereocenters. The number of nitrogens with zero attached hydrogens (tertiary/aromatic N) is 2. The maximum Gasteiger partial charge on any atom is 0.303 e. The molecule has 25 heavy (non-hydrogen) atoms. The minimum atomic E-state index is -0.786. The van der Waals surface area contributed by atoms with Crippen LogP contribution in [0.4, 0.5) is 5.82 Å². The minimum Gasteiger partial charge on any atom is -0.481 e. The van der Waals surface area contributed by atoms with E-state index in [2.05, 4.69) is 0 Å². The number of hydrogen-bond donors (Lipinski definition) is 2. The summed E-state index contributed by atoms with van der Waals surface area (Å²) in [7, 11) is 0. The van der Waals surface area contributed by atoms with Gasteiger partial charge >= 0.3 is 11.8 Å². The lowest BCUT2D eigenvalue weighted by Crippen LogP contribution is -2.41. The van der Waals surface area contributed by atoms with Gasteiger partial charge in [0.05, 0.1) is 5.39 Å². The number of unbranched alkanes of at least 4 members (excludes halogenated alkanes) is 1. The Labute approximate surface area is 150 Å². The summed E-state index contributed by atoms with van der Waals surface area (Å²) >= 11 is 5.99. The Hall–Kier alpha value is -2.66. The van der Waals surface area contributed by atoms with Crippen LogP contribution in [0.3, 0.4) is 0 Å². The van der Waals surface area contributed by atoms with Crippen LogP contribution in [0, 0.1) is 0 Å². The molecule has 0 fully saturated rings. The van der Waals surface area contributed by atoms with Crippen LogP contribution in [0.25, 0.3) is 22.0 Å². The molecule has 3 rings (SSSR count). The molecule has 6 heteroatoms. The highest BCUT2D eigenvalue weighted by Gasteiger charge is 2.17. The number of benzene rings is 2. The van der Waals surface area contributed by atoms with Crippen molar-refractivity contribution in [2.75, 3.05) is 5.73 Å². The van der Waals surface area contributed by atoms with Crippen LogP contribution in [0.2, 0.25) is 5.02 Å². The lowest BCUT2D eigenvalue weighted by Gasteiger charge is -2.10. The van der Waals surface area contributed by atoms with E-state index in [0.717, 1.165) is 22.0 Å². The topological polar surface area (TPSA) is 80.1 Å². The molecule has 0 aliphatic carbocycles. The average Bonchev–Trinajstić information content (AvgIpc) is 2.61. The summed E-state index contributed by atoms with van der Waals surface area (Å²) in [6, 6.07) is 15.4. The van der Waals surface area contributed by atoms with Gasteiger partial charge in [-0.25, -0.2) is 0 Å². The highest BCUT2D eigenvalue weighted by molar-refractivity contribution is 6.30. The zero-order chi connectivity index (χ0) is 17.8. The van der Waals surface area contributed by atoms with Crippen molar-refractivity contribution in [3.63, 3.8) is 0 Å². The van der Waals surface area contributed by atoms with Gasteiger partial charge in [0.2, 0.25) is 0 Å². The summed E-state index contributed by atoms with van der Waals surface area (Å²) in [6.07, 6.45) is 1.44. The minimum absolute atomic E-state index is 0.151. The van der Waals surface area contributed by atoms with Gasteiger partial charge in [-0.15, -0.1) is 4.68 Å². The van der Waals surface area contributed by atoms with E-state index in [1.807, 2.05) is 48.5 Å². The van der Waals surface area contributed by atoms with Gasteiger partial charge < -0.3 is 5.11 Å². The van der Waals surface area contributed by atoms with Crippen LogP contribution in [0.15, 0.2) is 48.5 Å². The molecule has 3 N–H and O–H groups in total. The number of rotatable bonds is 6. The third kappa shape index (κ3) is 3.88. The van der Waals surface area contributed by atoms with Crippen LogP contribution < -0.4 is 10.4 Å². The maximum atomic E-state index is 10.7. The molecule has 0 radical (unpaired) electrons. The van der Waals surface area contributed by atoms with Gasteiger partial charge in [-0.2, -0.15) is 0 Å². The molecule has 0 aliphatic heterocycles. The Kier molecular flexibility index (Phi) is 5.14. The van der Waals surface area contributed by atoms with E-state index in [1.54, 1.807) is 4.68 Å². The molecule has 0 atom stereocenters. The number of fused-ring (bicyclic) bond motifs is 1. The van der Waals surface area contributed by atoms with Crippen LogP contribution >= 0.6 is 11.6 Å². The maximum absolute atomic E-state index is 10.7. The first-order chi connectivity index (χ1) is 12.1. The van der Waals surface area contributed by atoms with Crippen molar-refractivity contribution in [1.29, 1.82) is 0 Å². The van der Waals surface area contributed by atoms with Crippen molar-refractivity contribution in [3.05, 3.63) is 53.6 Å². The number of nitrogen functional groups attached to an aromatic ring is 1. The third-order valence-electron chi connectivity index (χ3n) is 4.09. The molecule has 1 heterocycles. The lowest BCUT2D eigenvalue weighted by molar-refractivity contribution is -0.738. The van der Waals surface area contributed by atoms with Gasteiger partial charge in [-0.3, -0.25) is 10.5 Å². The summed E-state index contributed by atoms with van der Waals surface area (Å²) in [5.74, 6) is -0.199. The molecule has 0 saturated carbocycles. The Bertz CT molecular complexity index is 910. The molecule has 2 aromatic carbocycles. The zero-order valence-corrected chi connectivity index (χ0v) is 14.4. The van der Waals surface area contributed by atoms with E-state index < -0.39 is 5.97 Å². The second-order valence-electron chi connectivity index (χ2n) is 5.86. The molecular weight excluding hydrogens is 338 g/mol. The summed E-state index contributed by atoms with van der Waals surface area (Å²) in [4.78, 5) is 10.7. The van der Waals surface area contributed by atoms with Gasteiger partial charge in [0.1, 0.15) is 12.2 Å². The Morgan fingerprint density at radius 3 is 2.44 bits per heavy atom. The lowest BCUT2D eigenvalue weighted by atomic mass is 10.0. The van der Waals surface area contributed by atoms with Crippen LogP contribution in [0.5, 0.6) is 0 Å². The molecule has 0 aliphatic rings. The molecule has 1 aromatic heterocycles. The van der Waals surface area contributed by atoms with E-state index in [9.17, 15) is 4.79 Å². The van der Waals surface area contributed by atoms with Crippen LogP contribution in [0.1, 0.15) is 19.3 Å². The number of carboxylic acid groups (broad SMARTS) is 1. The predicted octanol–water partition coefficient (Wildman–Crippen LogP) is 3.68. The SMILES string of the molecule is Nc1c2ccccc2c(-c2ccc(Cl)cc2)n[n+]1CCCCC(=O)O. The second kappa shape index (κ2) is 7.49. The van der Waals surface area contributed by atoms with E-state index in [-0.39, 0.29) is 6.42 Å². The first-order valence-electron chi connectivity index (χ1n) is 8.12. The van der Waals surface area contributed by atoms with Crippen molar-refractivity contribution in [2.45, 2.75) is 25.8 Å². The number of carboxylic acids is 1. The van der Waals surface area contributed by atoms with E-state index in [0.29, 0.717) is 30.2 Å². The fourth-order valence-corrected chi connectivity index (χ4v) is 2.94. The van der Waals surface area contributed by atoms with Crippen molar-refractivity contribution in [3.8, 4) is 11.3 Å². The van der Waals surface area contributed by atoms with Gasteiger partial charge in [-0.1, -0.05) is 47.0 Å². The van der Waals surface area contributed by atoms with Gasteiger partial charge in [0.15, 0.2) is 0 Å². The zero-order valence-electron chi connectivity index (χ0n) is 13.7. The number of anilines is 1. The fraction of sp³-hybridized carbons (Fsp3) is 0.211. The number of aryl methyl sites for hydroxylation is 1. The first-order valence-corrected chi connectivity index (χ1v) is 8.50. The molecule has 3 aromatic rings. The Morgan fingerprint density at radius 2 is 1.76 bits per heavy atom. The number of carbonyl (C=O) groups is 1. The van der Waals surface area contributed by atoms with Gasteiger partial charge in [-0.05, 0) is 31.0 Å². The van der Waals surface area contributed by atoms with E-state index >= 15 is 0 Å². The van der Waals surface area contributed by atoms with Crippen molar-refractivity contribution in [2.24, 2.45) is 0 Å². The van der Waals surface area contributed by atoms with Crippen LogP contribution in [-0.2, 0) is 11.3 Å². The predicted molar refractivity (Wildman–Crippen MR) is 98.3 cm³/mol. The molecule has 128 valence electrons. The number of halogens is 1. The standard InChI is InChI=1S/C19H18ClN3O2/c20-14-10-8-13(9-11-14)18-15-5-1-2-6-16(15)19(21)23(22-18)12-4-3-7-17(24)25/h1-2,5-6,8-11,21H,3-4,7,12H2,(H,24,25)/p+1. The van der Waals surface area contributed by atoms with Crippen molar-refractivity contribution in [1.82, 2.24) is 5.10 Å².